The maximum atomic E-state index is 13.1. The number of aromatic nitrogens is 2. The fraction of sp³-hybridized carbons (Fsp3) is 0.182. The van der Waals surface area contributed by atoms with Crippen molar-refractivity contribution < 1.29 is 19.0 Å². The summed E-state index contributed by atoms with van der Waals surface area (Å²) in [6.45, 7) is -0.00799. The molecule has 2 heterocycles. The van der Waals surface area contributed by atoms with Gasteiger partial charge in [0.25, 0.3) is 5.56 Å². The maximum absolute atomic E-state index is 13.1. The number of benzene rings is 2. The number of thiophene rings is 1. The minimum Gasteiger partial charge on any atom is -0.497 e. The molecule has 30 heavy (non-hydrogen) atoms. The number of aliphatic hydroxyl groups excluding tert-OH is 1. The molecule has 2 aromatic heterocycles. The Labute approximate surface area is 175 Å². The molecule has 0 bridgehead atoms. The Kier molecular flexibility index (Phi) is 5.78. The lowest BCUT2D eigenvalue weighted by atomic mass is 10.1. The van der Waals surface area contributed by atoms with Gasteiger partial charge in [-0.05, 0) is 42.0 Å². The summed E-state index contributed by atoms with van der Waals surface area (Å²) < 4.78 is 25.0. The Morgan fingerprint density at radius 1 is 1.13 bits per heavy atom. The SMILES string of the molecule is COc1ccc(-c2csc3ncn(CC(O)COc4ccc(F)cc4)c(=O)c23)cc1. The Bertz CT molecular complexity index is 1200. The van der Waals surface area contributed by atoms with E-state index in [9.17, 15) is 14.3 Å². The van der Waals surface area contributed by atoms with Crippen LogP contribution in [0.15, 0.2) is 65.0 Å². The van der Waals surface area contributed by atoms with Gasteiger partial charge in [0.2, 0.25) is 0 Å². The van der Waals surface area contributed by atoms with Crippen LogP contribution in [0.5, 0.6) is 11.5 Å². The van der Waals surface area contributed by atoms with Crippen LogP contribution in [0, 0.1) is 5.82 Å². The summed E-state index contributed by atoms with van der Waals surface area (Å²) in [6.07, 6.45) is 0.496. The molecule has 6 nitrogen and oxygen atoms in total. The van der Waals surface area contributed by atoms with E-state index in [-0.39, 0.29) is 24.5 Å². The molecule has 8 heteroatoms. The molecule has 154 valence electrons. The molecular weight excluding hydrogens is 407 g/mol. The molecule has 0 saturated carbocycles. The number of halogens is 1. The third kappa shape index (κ3) is 4.19. The summed E-state index contributed by atoms with van der Waals surface area (Å²) >= 11 is 1.40. The molecule has 4 aromatic rings. The lowest BCUT2D eigenvalue weighted by Crippen LogP contribution is -2.30. The smallest absolute Gasteiger partial charge is 0.262 e. The summed E-state index contributed by atoms with van der Waals surface area (Å²) in [4.78, 5) is 18.1. The summed E-state index contributed by atoms with van der Waals surface area (Å²) in [7, 11) is 1.60. The Morgan fingerprint density at radius 2 is 1.83 bits per heavy atom. The number of rotatable bonds is 7. The highest BCUT2D eigenvalue weighted by Crippen LogP contribution is 2.31. The van der Waals surface area contributed by atoms with Crippen LogP contribution in [0.3, 0.4) is 0 Å². The van der Waals surface area contributed by atoms with Gasteiger partial charge in [-0.25, -0.2) is 9.37 Å². The van der Waals surface area contributed by atoms with E-state index in [1.165, 1.54) is 46.5 Å². The molecule has 2 aromatic carbocycles. The first kappa shape index (κ1) is 20.1. The number of hydrogen-bond acceptors (Lipinski definition) is 6. The van der Waals surface area contributed by atoms with Crippen molar-refractivity contribution in [3.63, 3.8) is 0 Å². The molecule has 0 aliphatic rings. The first-order chi connectivity index (χ1) is 14.5. The molecule has 0 saturated heterocycles. The predicted molar refractivity (Wildman–Crippen MR) is 114 cm³/mol. The number of hydrogen-bond donors (Lipinski definition) is 1. The fourth-order valence-corrected chi connectivity index (χ4v) is 3.99. The van der Waals surface area contributed by atoms with Crippen LogP contribution in [-0.4, -0.2) is 34.5 Å². The largest absolute Gasteiger partial charge is 0.497 e. The van der Waals surface area contributed by atoms with Crippen LogP contribution < -0.4 is 15.0 Å². The Hall–Kier alpha value is -3.23. The predicted octanol–water partition coefficient (Wildman–Crippen LogP) is 3.71. The second-order valence-electron chi connectivity index (χ2n) is 6.68. The highest BCUT2D eigenvalue weighted by atomic mass is 32.1. The molecule has 0 aliphatic carbocycles. The van der Waals surface area contributed by atoms with Gasteiger partial charge in [0.05, 0.1) is 25.4 Å². The summed E-state index contributed by atoms with van der Waals surface area (Å²) in [6, 6.07) is 13.0. The standard InChI is InChI=1S/C22H19FN2O4S/c1-28-17-6-2-14(3-7-17)19-12-30-21-20(19)22(27)25(13-24-21)10-16(26)11-29-18-8-4-15(23)5-9-18/h2-9,12-13,16,26H,10-11H2,1H3. The van der Waals surface area contributed by atoms with Gasteiger partial charge in [-0.15, -0.1) is 11.3 Å². The minimum atomic E-state index is -0.935. The van der Waals surface area contributed by atoms with Crippen LogP contribution in [0.25, 0.3) is 21.3 Å². The number of aliphatic hydroxyl groups is 1. The van der Waals surface area contributed by atoms with Gasteiger partial charge in [0.15, 0.2) is 0 Å². The van der Waals surface area contributed by atoms with E-state index in [0.29, 0.717) is 16.0 Å². The first-order valence-electron chi connectivity index (χ1n) is 9.22. The van der Waals surface area contributed by atoms with E-state index in [4.69, 9.17) is 9.47 Å². The van der Waals surface area contributed by atoms with E-state index in [0.717, 1.165) is 16.9 Å². The van der Waals surface area contributed by atoms with E-state index < -0.39 is 6.10 Å². The lowest BCUT2D eigenvalue weighted by molar-refractivity contribution is 0.0914. The van der Waals surface area contributed by atoms with Crippen molar-refractivity contribution >= 4 is 21.6 Å². The second kappa shape index (κ2) is 8.64. The summed E-state index contributed by atoms with van der Waals surface area (Å²) in [5.74, 6) is 0.811. The van der Waals surface area contributed by atoms with E-state index in [1.54, 1.807) is 7.11 Å². The topological polar surface area (TPSA) is 73.6 Å². The van der Waals surface area contributed by atoms with Crippen molar-refractivity contribution in [3.05, 3.63) is 76.4 Å². The van der Waals surface area contributed by atoms with E-state index in [1.807, 2.05) is 29.6 Å². The number of ether oxygens (including phenoxy) is 2. The molecule has 0 aliphatic heterocycles. The molecule has 0 spiro atoms. The highest BCUT2D eigenvalue weighted by Gasteiger charge is 2.15. The van der Waals surface area contributed by atoms with Gasteiger partial charge in [-0.1, -0.05) is 12.1 Å². The van der Waals surface area contributed by atoms with Crippen molar-refractivity contribution in [1.82, 2.24) is 9.55 Å². The molecular formula is C22H19FN2O4S. The second-order valence-corrected chi connectivity index (χ2v) is 7.54. The third-order valence-corrected chi connectivity index (χ3v) is 5.51. The van der Waals surface area contributed by atoms with Crippen molar-refractivity contribution in [2.75, 3.05) is 13.7 Å². The average Bonchev–Trinajstić information content (AvgIpc) is 3.20. The molecule has 1 N–H and O–H groups in total. The van der Waals surface area contributed by atoms with Crippen LogP contribution in [-0.2, 0) is 6.54 Å². The molecule has 0 radical (unpaired) electrons. The lowest BCUT2D eigenvalue weighted by Gasteiger charge is -2.14. The average molecular weight is 426 g/mol. The molecule has 0 fully saturated rings. The van der Waals surface area contributed by atoms with Crippen molar-refractivity contribution in [2.24, 2.45) is 0 Å². The first-order valence-corrected chi connectivity index (χ1v) is 10.1. The van der Waals surface area contributed by atoms with Crippen molar-refractivity contribution in [3.8, 4) is 22.6 Å². The van der Waals surface area contributed by atoms with Gasteiger partial charge in [-0.2, -0.15) is 0 Å². The van der Waals surface area contributed by atoms with Crippen LogP contribution in [0.1, 0.15) is 0 Å². The zero-order chi connectivity index (χ0) is 21.1. The van der Waals surface area contributed by atoms with Crippen molar-refractivity contribution in [1.29, 1.82) is 0 Å². The molecule has 0 amide bonds. The van der Waals surface area contributed by atoms with Gasteiger partial charge < -0.3 is 14.6 Å². The zero-order valence-electron chi connectivity index (χ0n) is 16.1. The van der Waals surface area contributed by atoms with Gasteiger partial charge in [0, 0.05) is 10.9 Å². The number of nitrogens with zero attached hydrogens (tertiary/aromatic N) is 2. The fourth-order valence-electron chi connectivity index (χ4n) is 3.08. The highest BCUT2D eigenvalue weighted by molar-refractivity contribution is 7.17. The van der Waals surface area contributed by atoms with Gasteiger partial charge in [-0.3, -0.25) is 9.36 Å². The Balaban J connectivity index is 1.55. The van der Waals surface area contributed by atoms with Gasteiger partial charge in [0.1, 0.15) is 34.9 Å². The molecule has 1 unspecified atom stereocenters. The quantitative estimate of drug-likeness (QED) is 0.488. The zero-order valence-corrected chi connectivity index (χ0v) is 16.9. The van der Waals surface area contributed by atoms with Crippen LogP contribution in [0.2, 0.25) is 0 Å². The monoisotopic (exact) mass is 426 g/mol. The summed E-state index contributed by atoms with van der Waals surface area (Å²) in [5.41, 5.74) is 1.45. The van der Waals surface area contributed by atoms with E-state index >= 15 is 0 Å². The van der Waals surface area contributed by atoms with Crippen LogP contribution in [0.4, 0.5) is 4.39 Å². The van der Waals surface area contributed by atoms with Crippen LogP contribution >= 0.6 is 11.3 Å². The normalized spacial score (nSPS) is 12.1. The third-order valence-electron chi connectivity index (χ3n) is 4.63. The van der Waals surface area contributed by atoms with Gasteiger partial charge >= 0.3 is 0 Å². The Morgan fingerprint density at radius 3 is 2.53 bits per heavy atom. The van der Waals surface area contributed by atoms with E-state index in [2.05, 4.69) is 4.98 Å². The van der Waals surface area contributed by atoms with Crippen molar-refractivity contribution in [2.45, 2.75) is 12.6 Å². The number of methoxy groups -OCH3 is 1. The maximum Gasteiger partial charge on any atom is 0.262 e. The minimum absolute atomic E-state index is 0.0286. The molecule has 4 rings (SSSR count). The number of fused-ring (bicyclic) bond motifs is 1. The molecule has 1 atom stereocenters. The summed E-state index contributed by atoms with van der Waals surface area (Å²) in [5, 5.41) is 12.7.